The van der Waals surface area contributed by atoms with Gasteiger partial charge in [0.1, 0.15) is 5.75 Å². The highest BCUT2D eigenvalue weighted by molar-refractivity contribution is 6.00. The summed E-state index contributed by atoms with van der Waals surface area (Å²) in [5.41, 5.74) is 1.76. The first-order valence-corrected chi connectivity index (χ1v) is 7.80. The van der Waals surface area contributed by atoms with Crippen molar-refractivity contribution in [2.24, 2.45) is 4.99 Å². The number of amides is 1. The van der Waals surface area contributed by atoms with Crippen LogP contribution in [0.15, 0.2) is 35.5 Å². The van der Waals surface area contributed by atoms with Crippen LogP contribution in [-0.4, -0.2) is 45.0 Å². The lowest BCUT2D eigenvalue weighted by molar-refractivity contribution is -0.118. The molecule has 0 aliphatic carbocycles. The average Bonchev–Trinajstić information content (AvgIpc) is 2.96. The van der Waals surface area contributed by atoms with Crippen molar-refractivity contribution in [3.8, 4) is 5.75 Å². The van der Waals surface area contributed by atoms with Gasteiger partial charge in [0.05, 0.1) is 31.2 Å². The Kier molecular flexibility index (Phi) is 4.34. The second kappa shape index (κ2) is 6.42. The summed E-state index contributed by atoms with van der Waals surface area (Å²) in [4.78, 5) is 20.4. The second-order valence-corrected chi connectivity index (χ2v) is 5.73. The van der Waals surface area contributed by atoms with Crippen LogP contribution in [0.4, 0.5) is 11.4 Å². The average molecular weight is 314 g/mol. The number of carbonyl (C=O) groups excluding carboxylic acids is 1. The molecule has 1 amide bonds. The van der Waals surface area contributed by atoms with Crippen molar-refractivity contribution in [1.29, 1.82) is 0 Å². The van der Waals surface area contributed by atoms with Crippen LogP contribution in [0.25, 0.3) is 0 Å². The molecule has 2 aliphatic rings. The number of nitrogens with zero attached hydrogens (tertiary/aromatic N) is 3. The molecule has 0 aromatic heterocycles. The normalized spacial score (nSPS) is 23.7. The molecule has 1 N–H and O–H groups in total. The van der Waals surface area contributed by atoms with Crippen molar-refractivity contribution >= 4 is 23.6 Å². The summed E-state index contributed by atoms with van der Waals surface area (Å²) >= 11 is 0. The summed E-state index contributed by atoms with van der Waals surface area (Å²) in [6.07, 6.45) is 6.61. The van der Waals surface area contributed by atoms with E-state index in [4.69, 9.17) is 4.74 Å². The van der Waals surface area contributed by atoms with Gasteiger partial charge in [0.2, 0.25) is 5.91 Å². The fraction of sp³-hybridized carbons (Fsp3) is 0.412. The molecule has 0 saturated carbocycles. The first-order valence-electron chi connectivity index (χ1n) is 7.80. The summed E-state index contributed by atoms with van der Waals surface area (Å²) in [5.74, 6) is 0.824. The van der Waals surface area contributed by atoms with Crippen LogP contribution in [0.2, 0.25) is 0 Å². The Hall–Kier alpha value is -2.34. The van der Waals surface area contributed by atoms with Crippen molar-refractivity contribution in [1.82, 2.24) is 5.32 Å². The molecule has 1 aromatic rings. The number of benzene rings is 1. The topological polar surface area (TPSA) is 57.2 Å². The monoisotopic (exact) mass is 314 g/mol. The largest absolute Gasteiger partial charge is 0.494 e. The van der Waals surface area contributed by atoms with Crippen LogP contribution in [0, 0.1) is 0 Å². The van der Waals surface area contributed by atoms with E-state index in [2.05, 4.69) is 10.3 Å². The van der Waals surface area contributed by atoms with Gasteiger partial charge in [-0.2, -0.15) is 0 Å². The molecule has 3 rings (SSSR count). The van der Waals surface area contributed by atoms with Crippen LogP contribution in [0.1, 0.15) is 13.3 Å². The third kappa shape index (κ3) is 2.94. The Bertz CT molecular complexity index is 642. The summed E-state index contributed by atoms with van der Waals surface area (Å²) in [7, 11) is 3.46. The molecule has 1 saturated heterocycles. The van der Waals surface area contributed by atoms with Gasteiger partial charge in [0.25, 0.3) is 0 Å². The third-order valence-corrected chi connectivity index (χ3v) is 4.26. The number of nitrogens with one attached hydrogen (secondary N) is 1. The Labute approximate surface area is 136 Å². The second-order valence-electron chi connectivity index (χ2n) is 5.73. The fourth-order valence-electron chi connectivity index (χ4n) is 2.88. The van der Waals surface area contributed by atoms with Crippen molar-refractivity contribution < 1.29 is 9.53 Å². The van der Waals surface area contributed by atoms with E-state index in [1.54, 1.807) is 18.3 Å². The molecule has 0 spiro atoms. The molecule has 2 atom stereocenters. The van der Waals surface area contributed by atoms with Crippen LogP contribution >= 0.6 is 0 Å². The van der Waals surface area contributed by atoms with Crippen molar-refractivity contribution in [2.45, 2.75) is 25.4 Å². The van der Waals surface area contributed by atoms with Gasteiger partial charge in [0, 0.05) is 24.5 Å². The summed E-state index contributed by atoms with van der Waals surface area (Å²) < 4.78 is 5.52. The minimum atomic E-state index is -0.0979. The van der Waals surface area contributed by atoms with Gasteiger partial charge in [-0.15, -0.1) is 0 Å². The zero-order chi connectivity index (χ0) is 16.4. The smallest absolute Gasteiger partial charge is 0.244 e. The van der Waals surface area contributed by atoms with Crippen LogP contribution in [0.5, 0.6) is 5.75 Å². The molecule has 2 heterocycles. The fourth-order valence-corrected chi connectivity index (χ4v) is 2.88. The Morgan fingerprint density at radius 2 is 2.22 bits per heavy atom. The first-order chi connectivity index (χ1) is 11.1. The maximum atomic E-state index is 12.3. The molecule has 2 aliphatic heterocycles. The quantitative estimate of drug-likeness (QED) is 0.920. The molecule has 2 unspecified atom stereocenters. The predicted molar refractivity (Wildman–Crippen MR) is 92.4 cm³/mol. The van der Waals surface area contributed by atoms with E-state index in [1.165, 1.54) is 0 Å². The number of hydrogen-bond donors (Lipinski definition) is 1. The van der Waals surface area contributed by atoms with Gasteiger partial charge in [-0.3, -0.25) is 9.79 Å². The van der Waals surface area contributed by atoms with Crippen LogP contribution in [0.3, 0.4) is 0 Å². The first kappa shape index (κ1) is 15.6. The molecule has 0 bridgehead atoms. The van der Waals surface area contributed by atoms with E-state index in [-0.39, 0.29) is 18.0 Å². The molecule has 0 radical (unpaired) electrons. The lowest BCUT2D eigenvalue weighted by atomic mass is 10.2. The highest BCUT2D eigenvalue weighted by Gasteiger charge is 2.31. The number of hydrogen-bond acceptors (Lipinski definition) is 5. The van der Waals surface area contributed by atoms with Crippen molar-refractivity contribution in [2.75, 3.05) is 30.5 Å². The Balaban J connectivity index is 1.87. The van der Waals surface area contributed by atoms with E-state index in [1.807, 2.05) is 49.3 Å². The van der Waals surface area contributed by atoms with E-state index in [9.17, 15) is 4.79 Å². The third-order valence-electron chi connectivity index (χ3n) is 4.26. The predicted octanol–water partition coefficient (Wildman–Crippen LogP) is 1.77. The maximum absolute atomic E-state index is 12.3. The lowest BCUT2D eigenvalue weighted by Gasteiger charge is -2.24. The number of likely N-dealkylation sites (N-methyl/N-ethyl adjacent to an activating group) is 1. The van der Waals surface area contributed by atoms with E-state index in [0.717, 1.165) is 24.3 Å². The molecule has 23 heavy (non-hydrogen) atoms. The van der Waals surface area contributed by atoms with Gasteiger partial charge in [0.15, 0.2) is 0 Å². The number of carbonyl (C=O) groups is 1. The Morgan fingerprint density at radius 3 is 2.83 bits per heavy atom. The van der Waals surface area contributed by atoms with Gasteiger partial charge < -0.3 is 19.9 Å². The number of aliphatic imine (C=N–C) groups is 1. The van der Waals surface area contributed by atoms with E-state index >= 15 is 0 Å². The molecule has 1 fully saturated rings. The summed E-state index contributed by atoms with van der Waals surface area (Å²) in [5, 5.41) is 3.05. The molecule has 6 nitrogen and oxygen atoms in total. The summed E-state index contributed by atoms with van der Waals surface area (Å²) in [6.45, 7) is 2.75. The number of methoxy groups -OCH3 is 1. The molecule has 122 valence electrons. The van der Waals surface area contributed by atoms with Gasteiger partial charge in [-0.25, -0.2) is 0 Å². The minimum absolute atomic E-state index is 0.0979. The molecule has 1 aromatic carbocycles. The van der Waals surface area contributed by atoms with E-state index < -0.39 is 0 Å². The van der Waals surface area contributed by atoms with Gasteiger partial charge in [-0.1, -0.05) is 0 Å². The van der Waals surface area contributed by atoms with E-state index in [0.29, 0.717) is 5.75 Å². The number of anilines is 2. The van der Waals surface area contributed by atoms with Crippen molar-refractivity contribution in [3.05, 3.63) is 30.5 Å². The van der Waals surface area contributed by atoms with Gasteiger partial charge >= 0.3 is 0 Å². The maximum Gasteiger partial charge on any atom is 0.244 e. The number of rotatable bonds is 4. The van der Waals surface area contributed by atoms with Crippen molar-refractivity contribution in [3.63, 3.8) is 0 Å². The standard InChI is InChI=1S/C17H22N4O2/c1-12-6-8-20(11-19-12)15-5-4-13(10-16(15)23-3)21-9-7-14(18-2)17(21)22/h4-6,8,10-12,14,18H,7,9H2,1-3H3. The molecule has 6 heteroatoms. The molecular weight excluding hydrogens is 292 g/mol. The summed E-state index contributed by atoms with van der Waals surface area (Å²) in [6, 6.07) is 5.91. The lowest BCUT2D eigenvalue weighted by Crippen LogP contribution is -2.36. The zero-order valence-electron chi connectivity index (χ0n) is 13.7. The van der Waals surface area contributed by atoms with Gasteiger partial charge in [-0.05, 0) is 38.6 Å². The van der Waals surface area contributed by atoms with Crippen LogP contribution in [-0.2, 0) is 4.79 Å². The Morgan fingerprint density at radius 1 is 1.39 bits per heavy atom. The number of ether oxygens (including phenoxy) is 1. The SMILES string of the molecule is CNC1CCN(c2ccc(N3C=CC(C)N=C3)c(OC)c2)C1=O. The minimum Gasteiger partial charge on any atom is -0.494 e. The molecular formula is C17H22N4O2. The highest BCUT2D eigenvalue weighted by Crippen LogP contribution is 2.34. The van der Waals surface area contributed by atoms with Crippen LogP contribution < -0.4 is 19.9 Å². The highest BCUT2D eigenvalue weighted by atomic mass is 16.5. The zero-order valence-corrected chi connectivity index (χ0v) is 13.7.